The maximum atomic E-state index is 14.3. The molecule has 0 fully saturated rings. The van der Waals surface area contributed by atoms with E-state index in [1.807, 2.05) is 0 Å². The number of hydrogen-bond acceptors (Lipinski definition) is 2. The molecule has 0 aromatic rings. The second kappa shape index (κ2) is 14.0. The average Bonchev–Trinajstić information content (AvgIpc) is 2.92. The maximum absolute atomic E-state index is 14.3. The van der Waals surface area contributed by atoms with Crippen LogP contribution in [0.25, 0.3) is 0 Å². The number of esters is 1. The monoisotopic (exact) mass is 838 g/mol. The van der Waals surface area contributed by atoms with Crippen LogP contribution in [0.5, 0.6) is 0 Å². The summed E-state index contributed by atoms with van der Waals surface area (Å²) in [4.78, 5) is 11.5. The van der Waals surface area contributed by atoms with E-state index in [0.717, 1.165) is 6.92 Å². The quantitative estimate of drug-likeness (QED) is 0.0595. The highest BCUT2D eigenvalue weighted by atomic mass is 19.4. The van der Waals surface area contributed by atoms with Gasteiger partial charge in [0.15, 0.2) is 0 Å². The molecule has 0 saturated heterocycles. The lowest BCUT2D eigenvalue weighted by Crippen LogP contribution is -2.70. The smallest absolute Gasteiger partial charge is 0.413 e. The predicted molar refractivity (Wildman–Crippen MR) is 117 cm³/mol. The van der Waals surface area contributed by atoms with Crippen LogP contribution in [0.3, 0.4) is 0 Å². The number of ether oxygens (including phenoxy) is 1. The average molecular weight is 838 g/mol. The molecule has 52 heavy (non-hydrogen) atoms. The van der Waals surface area contributed by atoms with Gasteiger partial charge in [-0.1, -0.05) is 0 Å². The molecule has 0 heterocycles. The van der Waals surface area contributed by atoms with Crippen molar-refractivity contribution in [1.82, 2.24) is 0 Å². The first kappa shape index (κ1) is 49.6. The Morgan fingerprint density at radius 2 is 0.788 bits per heavy atom. The lowest BCUT2D eigenvalue weighted by Gasteiger charge is -2.42. The molecule has 0 aromatic heterocycles. The van der Waals surface area contributed by atoms with Crippen molar-refractivity contribution in [2.24, 2.45) is 0 Å². The summed E-state index contributed by atoms with van der Waals surface area (Å²) in [7, 11) is 0.486. The third-order valence-electron chi connectivity index (χ3n) is 7.58. The molecule has 312 valence electrons. The molecular weight excluding hydrogens is 816 g/mol. The van der Waals surface area contributed by atoms with Crippen molar-refractivity contribution in [3.05, 3.63) is 0 Å². The zero-order valence-electron chi connectivity index (χ0n) is 25.4. The van der Waals surface area contributed by atoms with Crippen LogP contribution < -0.4 is 0 Å². The molecule has 0 aromatic carbocycles. The summed E-state index contributed by atoms with van der Waals surface area (Å²) in [5.41, 5.74) is 0. The topological polar surface area (TPSA) is 26.3 Å². The molecule has 0 spiro atoms. The third-order valence-corrected chi connectivity index (χ3v) is 7.58. The van der Waals surface area contributed by atoms with Gasteiger partial charge in [-0.3, -0.25) is 9.28 Å². The van der Waals surface area contributed by atoms with Gasteiger partial charge in [-0.2, -0.15) is 114 Å². The van der Waals surface area contributed by atoms with Crippen molar-refractivity contribution in [2.45, 2.75) is 117 Å². The zero-order chi connectivity index (χ0) is 42.6. The second-order valence-corrected chi connectivity index (χ2v) is 11.2. The molecule has 0 amide bonds. The summed E-state index contributed by atoms with van der Waals surface area (Å²) < 4.78 is 350. The Bertz CT molecular complexity index is 1240. The summed E-state index contributed by atoms with van der Waals surface area (Å²) in [6.45, 7) is -1.30. The normalized spacial score (nSPS) is 17.6. The van der Waals surface area contributed by atoms with Crippen LogP contribution in [0, 0.1) is 0 Å². The fraction of sp³-hybridized carbons (Fsp3) is 0.957. The van der Waals surface area contributed by atoms with Crippen molar-refractivity contribution >= 4 is 5.97 Å². The lowest BCUT2D eigenvalue weighted by molar-refractivity contribution is -0.951. The largest absolute Gasteiger partial charge is 0.460 e. The van der Waals surface area contributed by atoms with Gasteiger partial charge in [0.05, 0.1) is 20.1 Å². The van der Waals surface area contributed by atoms with Gasteiger partial charge in [0.2, 0.25) is 6.23 Å². The van der Waals surface area contributed by atoms with E-state index in [2.05, 4.69) is 4.74 Å². The summed E-state index contributed by atoms with van der Waals surface area (Å²) >= 11 is 0. The molecule has 0 rings (SSSR count). The summed E-state index contributed by atoms with van der Waals surface area (Å²) in [6, 6.07) is 0. The van der Waals surface area contributed by atoms with Crippen molar-refractivity contribution in [3.8, 4) is 0 Å². The highest BCUT2D eigenvalue weighted by Gasteiger charge is 2.92. The molecule has 0 N–H and O–H groups in total. The van der Waals surface area contributed by atoms with Crippen molar-refractivity contribution in [3.63, 3.8) is 0 Å². The fourth-order valence-electron chi connectivity index (χ4n) is 4.08. The Hall–Kier alpha value is -2.39. The van der Waals surface area contributed by atoms with Gasteiger partial charge in [-0.25, -0.2) is 0 Å². The molecule has 3 nitrogen and oxygen atoms in total. The number of quaternary nitrogens is 1. The Balaban J connectivity index is 6.51. The summed E-state index contributed by atoms with van der Waals surface area (Å²) in [5, 5.41) is 0. The number of carbonyl (C=O) groups excluding carboxylic acids is 1. The first-order valence-electron chi connectivity index (χ1n) is 13.2. The second-order valence-electron chi connectivity index (χ2n) is 11.2. The Morgan fingerprint density at radius 3 is 1.06 bits per heavy atom. The summed E-state index contributed by atoms with van der Waals surface area (Å²) in [5.74, 6) is -79.9. The highest BCUT2D eigenvalue weighted by Crippen LogP contribution is 2.62. The number of halogens is 26. The zero-order valence-corrected chi connectivity index (χ0v) is 25.4. The molecule has 0 bridgehead atoms. The van der Waals surface area contributed by atoms with Crippen LogP contribution in [-0.2, 0) is 9.53 Å². The molecule has 0 aliphatic heterocycles. The minimum atomic E-state index is -8.30. The molecule has 29 heteroatoms. The minimum absolute atomic E-state index is 0.335. The molecule has 0 aliphatic carbocycles. The SMILES string of the molecule is CC[N+](C)(CCCC(F)(F)C(F)(F)C(F)(F)C(F)(F)C(F)(F)C(F)(F)F)C(CCC(F)(F)C(F)(F)C(F)(F)C(F)(F)C(F)(F)C(F)(F)F)OC(C)=O. The number of rotatable bonds is 18. The minimum Gasteiger partial charge on any atom is -0.413 e. The van der Waals surface area contributed by atoms with E-state index in [1.54, 1.807) is 0 Å². The highest BCUT2D eigenvalue weighted by molar-refractivity contribution is 5.66. The van der Waals surface area contributed by atoms with Gasteiger partial charge in [-0.15, -0.1) is 0 Å². The van der Waals surface area contributed by atoms with E-state index in [-0.39, 0.29) is 0 Å². The number of alkyl halides is 26. The van der Waals surface area contributed by atoms with Gasteiger partial charge in [0, 0.05) is 32.6 Å². The van der Waals surface area contributed by atoms with Gasteiger partial charge < -0.3 is 4.74 Å². The van der Waals surface area contributed by atoms with Crippen LogP contribution in [0.1, 0.15) is 39.5 Å². The Kier molecular flexibility index (Phi) is 13.4. The summed E-state index contributed by atoms with van der Waals surface area (Å²) in [6.07, 6.45) is -28.1. The van der Waals surface area contributed by atoms with Crippen molar-refractivity contribution in [2.75, 3.05) is 20.1 Å². The Labute approximate surface area is 272 Å². The van der Waals surface area contributed by atoms with E-state index in [1.165, 1.54) is 0 Å². The van der Waals surface area contributed by atoms with Crippen LogP contribution in [-0.4, -0.2) is 108 Å². The maximum Gasteiger partial charge on any atom is 0.460 e. The molecule has 2 unspecified atom stereocenters. The van der Waals surface area contributed by atoms with Gasteiger partial charge in [-0.05, 0) is 6.92 Å². The van der Waals surface area contributed by atoms with Gasteiger partial charge in [0.1, 0.15) is 0 Å². The molecule has 0 saturated carbocycles. The lowest BCUT2D eigenvalue weighted by atomic mass is 9.91. The molecular formula is C23H22F26NO2+. The van der Waals surface area contributed by atoms with Gasteiger partial charge >= 0.3 is 77.5 Å². The molecule has 0 aliphatic rings. The van der Waals surface area contributed by atoms with E-state index >= 15 is 0 Å². The third kappa shape index (κ3) is 7.87. The van der Waals surface area contributed by atoms with E-state index < -0.39 is 127 Å². The predicted octanol–water partition coefficient (Wildman–Crippen LogP) is 10.4. The first-order valence-corrected chi connectivity index (χ1v) is 13.2. The van der Waals surface area contributed by atoms with Crippen LogP contribution in [0.2, 0.25) is 0 Å². The molecule has 2 atom stereocenters. The number of carbonyl (C=O) groups is 1. The van der Waals surface area contributed by atoms with Crippen molar-refractivity contribution in [1.29, 1.82) is 0 Å². The Morgan fingerprint density at radius 1 is 0.500 bits per heavy atom. The van der Waals surface area contributed by atoms with Gasteiger partial charge in [0.25, 0.3) is 0 Å². The van der Waals surface area contributed by atoms with Crippen LogP contribution >= 0.6 is 0 Å². The van der Waals surface area contributed by atoms with Crippen molar-refractivity contribution < 1.29 is 128 Å². The van der Waals surface area contributed by atoms with Crippen LogP contribution in [0.4, 0.5) is 114 Å². The van der Waals surface area contributed by atoms with E-state index in [4.69, 9.17) is 0 Å². The van der Waals surface area contributed by atoms with E-state index in [9.17, 15) is 119 Å². The first-order chi connectivity index (χ1) is 22.3. The molecule has 0 radical (unpaired) electrons. The van der Waals surface area contributed by atoms with E-state index in [0.29, 0.717) is 14.0 Å². The fourth-order valence-corrected chi connectivity index (χ4v) is 4.08. The number of nitrogens with zero attached hydrogens (tertiary/aromatic N) is 1. The van der Waals surface area contributed by atoms with Crippen LogP contribution in [0.15, 0.2) is 0 Å². The standard InChI is InChI=1S/C23H22F26NO2/c1-4-50(3,9-5-7-12(24,25)14(28,29)16(32,33)18(36,37)20(40,41)22(44,45)46)11(52-10(2)51)6-8-13(26,27)15(30,31)17(34,35)19(38,39)21(42,43)23(47,48)49/h11H,4-9H2,1-3H3/q+1. The number of hydrogen-bond donors (Lipinski definition) is 0.